The monoisotopic (exact) mass is 260 g/mol. The van der Waals surface area contributed by atoms with Gasteiger partial charge in [0.25, 0.3) is 5.22 Å². The molecule has 0 amide bonds. The molecule has 2 aromatic rings. The van der Waals surface area contributed by atoms with E-state index in [-0.39, 0.29) is 0 Å². The van der Waals surface area contributed by atoms with Crippen LogP contribution in [0.5, 0.6) is 5.75 Å². The summed E-state index contributed by atoms with van der Waals surface area (Å²) in [6.07, 6.45) is 3.61. The maximum atomic E-state index is 8.55. The molecule has 0 bridgehead atoms. The third-order valence-corrected chi connectivity index (χ3v) is 3.01. The van der Waals surface area contributed by atoms with E-state index in [9.17, 15) is 0 Å². The van der Waals surface area contributed by atoms with Crippen molar-refractivity contribution in [1.82, 2.24) is 4.98 Å². The predicted octanol–water partition coefficient (Wildman–Crippen LogP) is 2.91. The van der Waals surface area contributed by atoms with Crippen molar-refractivity contribution in [1.29, 1.82) is 5.26 Å². The van der Waals surface area contributed by atoms with Crippen molar-refractivity contribution in [3.63, 3.8) is 0 Å². The number of oxazole rings is 1. The molecule has 2 rings (SSSR count). The van der Waals surface area contributed by atoms with E-state index in [0.29, 0.717) is 18.3 Å². The lowest BCUT2D eigenvalue weighted by Gasteiger charge is -2.05. The highest BCUT2D eigenvalue weighted by atomic mass is 32.2. The largest absolute Gasteiger partial charge is 0.493 e. The summed E-state index contributed by atoms with van der Waals surface area (Å²) < 4.78 is 10.7. The van der Waals surface area contributed by atoms with Gasteiger partial charge < -0.3 is 9.15 Å². The fourth-order valence-electron chi connectivity index (χ4n) is 1.36. The van der Waals surface area contributed by atoms with E-state index in [1.807, 2.05) is 24.3 Å². The number of ether oxygens (including phenoxy) is 1. The highest BCUT2D eigenvalue weighted by Gasteiger charge is 1.99. The van der Waals surface area contributed by atoms with Crippen molar-refractivity contribution < 1.29 is 9.15 Å². The Kier molecular flexibility index (Phi) is 4.68. The van der Waals surface area contributed by atoms with Gasteiger partial charge in [-0.3, -0.25) is 0 Å². The molecule has 0 unspecified atom stereocenters. The number of thioether (sulfide) groups is 1. The normalized spacial score (nSPS) is 9.94. The van der Waals surface area contributed by atoms with Crippen LogP contribution in [0, 0.1) is 11.3 Å². The van der Waals surface area contributed by atoms with Crippen LogP contribution in [-0.4, -0.2) is 17.3 Å². The second-order valence-electron chi connectivity index (χ2n) is 3.47. The summed E-state index contributed by atoms with van der Waals surface area (Å²) in [5, 5.41) is 9.21. The van der Waals surface area contributed by atoms with Crippen LogP contribution >= 0.6 is 11.8 Å². The van der Waals surface area contributed by atoms with Crippen LogP contribution in [0.4, 0.5) is 0 Å². The number of hydrogen-bond acceptors (Lipinski definition) is 5. The van der Waals surface area contributed by atoms with E-state index in [4.69, 9.17) is 14.4 Å². The number of nitriles is 1. The van der Waals surface area contributed by atoms with Gasteiger partial charge in [-0.25, -0.2) is 4.98 Å². The molecule has 1 aromatic carbocycles. The van der Waals surface area contributed by atoms with Crippen LogP contribution in [-0.2, 0) is 6.42 Å². The van der Waals surface area contributed by atoms with Gasteiger partial charge in [0.15, 0.2) is 0 Å². The molecule has 4 nitrogen and oxygen atoms in total. The first kappa shape index (κ1) is 12.5. The number of aromatic nitrogens is 1. The zero-order chi connectivity index (χ0) is 12.6. The Balaban J connectivity index is 1.71. The van der Waals surface area contributed by atoms with E-state index < -0.39 is 0 Å². The first-order chi connectivity index (χ1) is 8.88. The van der Waals surface area contributed by atoms with Crippen LogP contribution in [0.2, 0.25) is 0 Å². The Labute approximate surface area is 110 Å². The van der Waals surface area contributed by atoms with Crippen molar-refractivity contribution in [2.24, 2.45) is 0 Å². The molecule has 1 heterocycles. The van der Waals surface area contributed by atoms with Crippen LogP contribution < -0.4 is 4.74 Å². The summed E-state index contributed by atoms with van der Waals surface area (Å²) in [6.45, 7) is 0.588. The SMILES string of the molecule is N#CCc1ccc(OCCSc2ncco2)cc1. The molecule has 0 fully saturated rings. The summed E-state index contributed by atoms with van der Waals surface area (Å²) in [6, 6.07) is 9.67. The number of benzene rings is 1. The topological polar surface area (TPSA) is 59.0 Å². The van der Waals surface area contributed by atoms with Gasteiger partial charge in [-0.1, -0.05) is 23.9 Å². The molecule has 0 radical (unpaired) electrons. The molecule has 5 heteroatoms. The molecule has 0 saturated heterocycles. The van der Waals surface area contributed by atoms with Crippen molar-refractivity contribution in [2.45, 2.75) is 11.6 Å². The summed E-state index contributed by atoms with van der Waals surface area (Å²) >= 11 is 1.51. The first-order valence-corrected chi connectivity index (χ1v) is 6.48. The van der Waals surface area contributed by atoms with Crippen LogP contribution in [0.15, 0.2) is 46.4 Å². The van der Waals surface area contributed by atoms with Crippen molar-refractivity contribution in [3.05, 3.63) is 42.3 Å². The molecule has 0 aliphatic rings. The lowest BCUT2D eigenvalue weighted by atomic mass is 10.2. The van der Waals surface area contributed by atoms with E-state index in [1.54, 1.807) is 12.5 Å². The van der Waals surface area contributed by atoms with E-state index in [2.05, 4.69) is 11.1 Å². The van der Waals surface area contributed by atoms with Crippen LogP contribution in [0.3, 0.4) is 0 Å². The van der Waals surface area contributed by atoms with Gasteiger partial charge in [-0.15, -0.1) is 0 Å². The Morgan fingerprint density at radius 2 is 2.17 bits per heavy atom. The fraction of sp³-hybridized carbons (Fsp3) is 0.231. The van der Waals surface area contributed by atoms with Gasteiger partial charge in [-0.05, 0) is 17.7 Å². The molecular formula is C13H12N2O2S. The molecule has 0 saturated carbocycles. The predicted molar refractivity (Wildman–Crippen MR) is 68.5 cm³/mol. The molecular weight excluding hydrogens is 248 g/mol. The average Bonchev–Trinajstić information content (AvgIpc) is 2.90. The van der Waals surface area contributed by atoms with Crippen molar-refractivity contribution in [2.75, 3.05) is 12.4 Å². The van der Waals surface area contributed by atoms with Gasteiger partial charge in [0, 0.05) is 5.75 Å². The minimum atomic E-state index is 0.431. The van der Waals surface area contributed by atoms with E-state index >= 15 is 0 Å². The van der Waals surface area contributed by atoms with Gasteiger partial charge >= 0.3 is 0 Å². The maximum Gasteiger partial charge on any atom is 0.255 e. The molecule has 18 heavy (non-hydrogen) atoms. The third kappa shape index (κ3) is 3.82. The van der Waals surface area contributed by atoms with Gasteiger partial charge in [0.1, 0.15) is 12.0 Å². The minimum Gasteiger partial charge on any atom is -0.493 e. The van der Waals surface area contributed by atoms with Crippen molar-refractivity contribution >= 4 is 11.8 Å². The lowest BCUT2D eigenvalue weighted by molar-refractivity contribution is 0.343. The third-order valence-electron chi connectivity index (χ3n) is 2.19. The minimum absolute atomic E-state index is 0.431. The standard InChI is InChI=1S/C13H12N2O2S/c14-6-5-11-1-3-12(4-2-11)16-9-10-18-13-15-7-8-17-13/h1-4,7-8H,5,9-10H2. The van der Waals surface area contributed by atoms with E-state index in [1.165, 1.54) is 11.8 Å². The second kappa shape index (κ2) is 6.72. The Morgan fingerprint density at radius 3 is 2.83 bits per heavy atom. The summed E-state index contributed by atoms with van der Waals surface area (Å²) in [4.78, 5) is 4.00. The molecule has 92 valence electrons. The summed E-state index contributed by atoms with van der Waals surface area (Å²) in [7, 11) is 0. The van der Waals surface area contributed by atoms with Gasteiger partial charge in [-0.2, -0.15) is 5.26 Å². The Bertz CT molecular complexity index is 503. The molecule has 0 aliphatic heterocycles. The molecule has 0 N–H and O–H groups in total. The first-order valence-electron chi connectivity index (χ1n) is 5.49. The van der Waals surface area contributed by atoms with Crippen LogP contribution in [0.25, 0.3) is 0 Å². The Hall–Kier alpha value is -1.93. The number of rotatable bonds is 6. The highest BCUT2D eigenvalue weighted by Crippen LogP contribution is 2.16. The van der Waals surface area contributed by atoms with E-state index in [0.717, 1.165) is 17.1 Å². The maximum absolute atomic E-state index is 8.55. The van der Waals surface area contributed by atoms with Gasteiger partial charge in [0.05, 0.1) is 25.3 Å². The Morgan fingerprint density at radius 1 is 1.33 bits per heavy atom. The zero-order valence-electron chi connectivity index (χ0n) is 9.70. The smallest absolute Gasteiger partial charge is 0.255 e. The molecule has 0 atom stereocenters. The van der Waals surface area contributed by atoms with Crippen molar-refractivity contribution in [3.8, 4) is 11.8 Å². The lowest BCUT2D eigenvalue weighted by Crippen LogP contribution is -2.00. The zero-order valence-corrected chi connectivity index (χ0v) is 10.5. The summed E-state index contributed by atoms with van der Waals surface area (Å²) in [5.41, 5.74) is 0.999. The van der Waals surface area contributed by atoms with Crippen LogP contribution in [0.1, 0.15) is 5.56 Å². The molecule has 0 spiro atoms. The molecule has 1 aromatic heterocycles. The second-order valence-corrected chi connectivity index (χ2v) is 4.52. The quantitative estimate of drug-likeness (QED) is 0.590. The average molecular weight is 260 g/mol. The summed E-state index contributed by atoms with van der Waals surface area (Å²) in [5.74, 6) is 1.59. The fourth-order valence-corrected chi connectivity index (χ4v) is 1.97. The number of hydrogen-bond donors (Lipinski definition) is 0. The highest BCUT2D eigenvalue weighted by molar-refractivity contribution is 7.99. The number of nitrogens with zero attached hydrogens (tertiary/aromatic N) is 2. The van der Waals surface area contributed by atoms with Gasteiger partial charge in [0.2, 0.25) is 0 Å². The molecule has 0 aliphatic carbocycles.